The van der Waals surface area contributed by atoms with Crippen molar-refractivity contribution in [2.24, 2.45) is 7.05 Å². The zero-order valence-electron chi connectivity index (χ0n) is 12.2. The van der Waals surface area contributed by atoms with E-state index in [4.69, 9.17) is 16.0 Å². The van der Waals surface area contributed by atoms with Gasteiger partial charge in [0.2, 0.25) is 0 Å². The van der Waals surface area contributed by atoms with Gasteiger partial charge in [0.25, 0.3) is 5.89 Å². The molecule has 0 saturated heterocycles. The van der Waals surface area contributed by atoms with Crippen LogP contribution in [0.5, 0.6) is 0 Å². The molecule has 3 rings (SSSR count). The standard InChI is InChI=1S/C14H13ClN6O2/c1-21-7-6-11(20-21)12-18-19-14(23-12)17-13(22)16-8-9-2-4-10(15)5-3-9/h2-7H,8H2,1H3,(H2,16,17,19,22). The average molecular weight is 333 g/mol. The number of carbonyl (C=O) groups is 1. The molecule has 1 aromatic carbocycles. The van der Waals surface area contributed by atoms with Crippen molar-refractivity contribution >= 4 is 23.6 Å². The maximum atomic E-state index is 11.8. The van der Waals surface area contributed by atoms with E-state index in [0.29, 0.717) is 17.3 Å². The molecule has 0 unspecified atom stereocenters. The lowest BCUT2D eigenvalue weighted by Crippen LogP contribution is -2.28. The number of rotatable bonds is 4. The van der Waals surface area contributed by atoms with Gasteiger partial charge in [0.1, 0.15) is 5.69 Å². The summed E-state index contributed by atoms with van der Waals surface area (Å²) < 4.78 is 6.95. The Hall–Kier alpha value is -2.87. The van der Waals surface area contributed by atoms with Gasteiger partial charge in [-0.1, -0.05) is 28.8 Å². The SMILES string of the molecule is Cn1ccc(-c2nnc(NC(=O)NCc3ccc(Cl)cc3)o2)n1. The van der Waals surface area contributed by atoms with E-state index in [0.717, 1.165) is 5.56 Å². The van der Waals surface area contributed by atoms with Crippen LogP contribution in [0.3, 0.4) is 0 Å². The average Bonchev–Trinajstić information content (AvgIpc) is 3.16. The Labute approximate surface area is 136 Å². The minimum absolute atomic E-state index is 0.000686. The van der Waals surface area contributed by atoms with E-state index in [1.807, 2.05) is 12.1 Å². The molecule has 0 bridgehead atoms. The highest BCUT2D eigenvalue weighted by atomic mass is 35.5. The van der Waals surface area contributed by atoms with Gasteiger partial charge in [-0.15, -0.1) is 5.10 Å². The van der Waals surface area contributed by atoms with Crippen LogP contribution in [0, 0.1) is 0 Å². The lowest BCUT2D eigenvalue weighted by molar-refractivity contribution is 0.251. The third-order valence-corrected chi connectivity index (χ3v) is 3.20. The summed E-state index contributed by atoms with van der Waals surface area (Å²) in [6.07, 6.45) is 1.76. The molecule has 0 atom stereocenters. The van der Waals surface area contributed by atoms with Crippen molar-refractivity contribution in [3.05, 3.63) is 47.1 Å². The van der Waals surface area contributed by atoms with Gasteiger partial charge >= 0.3 is 12.0 Å². The van der Waals surface area contributed by atoms with E-state index < -0.39 is 6.03 Å². The molecular weight excluding hydrogens is 320 g/mol. The van der Waals surface area contributed by atoms with Gasteiger partial charge in [0.05, 0.1) is 0 Å². The zero-order chi connectivity index (χ0) is 16.2. The second-order valence-corrected chi connectivity index (χ2v) is 5.16. The van der Waals surface area contributed by atoms with Crippen LogP contribution in [-0.4, -0.2) is 26.0 Å². The summed E-state index contributed by atoms with van der Waals surface area (Å²) >= 11 is 5.80. The first kappa shape index (κ1) is 15.0. The van der Waals surface area contributed by atoms with Crippen molar-refractivity contribution in [1.29, 1.82) is 0 Å². The Morgan fingerprint density at radius 1 is 1.26 bits per heavy atom. The summed E-state index contributed by atoms with van der Waals surface area (Å²) in [5.74, 6) is 0.235. The highest BCUT2D eigenvalue weighted by Crippen LogP contribution is 2.17. The summed E-state index contributed by atoms with van der Waals surface area (Å²) in [6, 6.07) is 8.46. The second kappa shape index (κ2) is 6.49. The number of hydrogen-bond donors (Lipinski definition) is 2. The molecule has 2 amide bonds. The third-order valence-electron chi connectivity index (χ3n) is 2.94. The van der Waals surface area contributed by atoms with Crippen LogP contribution in [0.15, 0.2) is 40.9 Å². The van der Waals surface area contributed by atoms with Crippen molar-refractivity contribution in [2.75, 3.05) is 5.32 Å². The number of carbonyl (C=O) groups excluding carboxylic acids is 1. The smallest absolute Gasteiger partial charge is 0.324 e. The summed E-state index contributed by atoms with van der Waals surface area (Å²) in [5, 5.41) is 17.5. The number of anilines is 1. The number of nitrogens with one attached hydrogen (secondary N) is 2. The van der Waals surface area contributed by atoms with Crippen LogP contribution >= 0.6 is 11.6 Å². The van der Waals surface area contributed by atoms with E-state index in [2.05, 4.69) is 25.9 Å². The Morgan fingerprint density at radius 3 is 2.74 bits per heavy atom. The van der Waals surface area contributed by atoms with E-state index in [1.54, 1.807) is 36.1 Å². The van der Waals surface area contributed by atoms with E-state index >= 15 is 0 Å². The number of aryl methyl sites for hydroxylation is 1. The van der Waals surface area contributed by atoms with Crippen LogP contribution in [0.1, 0.15) is 5.56 Å². The first-order chi connectivity index (χ1) is 11.1. The third kappa shape index (κ3) is 3.86. The molecule has 0 radical (unpaired) electrons. The molecule has 0 saturated carbocycles. The van der Waals surface area contributed by atoms with Gasteiger partial charge in [-0.05, 0) is 23.8 Å². The highest BCUT2D eigenvalue weighted by molar-refractivity contribution is 6.30. The molecule has 0 spiro atoms. The Morgan fingerprint density at radius 2 is 2.04 bits per heavy atom. The lowest BCUT2D eigenvalue weighted by atomic mass is 10.2. The minimum Gasteiger partial charge on any atom is -0.401 e. The normalized spacial score (nSPS) is 10.5. The van der Waals surface area contributed by atoms with Crippen molar-refractivity contribution < 1.29 is 9.21 Å². The molecule has 2 N–H and O–H groups in total. The van der Waals surface area contributed by atoms with E-state index in [-0.39, 0.29) is 11.9 Å². The Kier molecular flexibility index (Phi) is 4.24. The maximum absolute atomic E-state index is 11.8. The maximum Gasteiger partial charge on any atom is 0.324 e. The minimum atomic E-state index is -0.448. The van der Waals surface area contributed by atoms with Crippen molar-refractivity contribution in [3.63, 3.8) is 0 Å². The molecule has 0 aliphatic carbocycles. The van der Waals surface area contributed by atoms with E-state index in [9.17, 15) is 4.79 Å². The molecule has 23 heavy (non-hydrogen) atoms. The quantitative estimate of drug-likeness (QED) is 0.764. The topological polar surface area (TPSA) is 97.9 Å². The largest absolute Gasteiger partial charge is 0.401 e. The first-order valence-electron chi connectivity index (χ1n) is 6.73. The van der Waals surface area contributed by atoms with E-state index in [1.165, 1.54) is 0 Å². The lowest BCUT2D eigenvalue weighted by Gasteiger charge is -2.04. The van der Waals surface area contributed by atoms with Gasteiger partial charge in [0, 0.05) is 24.8 Å². The van der Waals surface area contributed by atoms with Gasteiger partial charge < -0.3 is 9.73 Å². The van der Waals surface area contributed by atoms with Gasteiger partial charge in [-0.2, -0.15) is 5.10 Å². The molecule has 2 aromatic heterocycles. The molecular formula is C14H13ClN6O2. The summed E-state index contributed by atoms with van der Waals surface area (Å²) in [4.78, 5) is 11.8. The summed E-state index contributed by atoms with van der Waals surface area (Å²) in [7, 11) is 1.78. The summed E-state index contributed by atoms with van der Waals surface area (Å²) in [5.41, 5.74) is 1.46. The number of halogens is 1. The summed E-state index contributed by atoms with van der Waals surface area (Å²) in [6.45, 7) is 0.351. The van der Waals surface area contributed by atoms with Crippen LogP contribution in [0.25, 0.3) is 11.6 Å². The number of hydrogen-bond acceptors (Lipinski definition) is 5. The number of amides is 2. The molecule has 0 aliphatic heterocycles. The Balaban J connectivity index is 1.56. The monoisotopic (exact) mass is 332 g/mol. The van der Waals surface area contributed by atoms with Crippen LogP contribution in [-0.2, 0) is 13.6 Å². The van der Waals surface area contributed by atoms with Crippen molar-refractivity contribution in [1.82, 2.24) is 25.3 Å². The number of nitrogens with zero attached hydrogens (tertiary/aromatic N) is 4. The number of urea groups is 1. The molecule has 9 heteroatoms. The fraction of sp³-hybridized carbons (Fsp3) is 0.143. The predicted molar refractivity (Wildman–Crippen MR) is 83.8 cm³/mol. The van der Waals surface area contributed by atoms with Crippen molar-refractivity contribution in [3.8, 4) is 11.6 Å². The van der Waals surface area contributed by atoms with Gasteiger partial charge in [-0.3, -0.25) is 10.00 Å². The van der Waals surface area contributed by atoms with Gasteiger partial charge in [0.15, 0.2) is 0 Å². The van der Waals surface area contributed by atoms with Crippen LogP contribution in [0.4, 0.5) is 10.8 Å². The molecule has 118 valence electrons. The van der Waals surface area contributed by atoms with Gasteiger partial charge in [-0.25, -0.2) is 4.79 Å². The molecule has 2 heterocycles. The molecule has 0 aliphatic rings. The number of benzene rings is 1. The predicted octanol–water partition coefficient (Wildman–Crippen LogP) is 2.45. The number of aromatic nitrogens is 4. The fourth-order valence-corrected chi connectivity index (χ4v) is 1.96. The molecule has 3 aromatic rings. The molecule has 0 fully saturated rings. The second-order valence-electron chi connectivity index (χ2n) is 4.72. The zero-order valence-corrected chi connectivity index (χ0v) is 12.9. The highest BCUT2D eigenvalue weighted by Gasteiger charge is 2.12. The fourth-order valence-electron chi connectivity index (χ4n) is 1.83. The van der Waals surface area contributed by atoms with Crippen LogP contribution < -0.4 is 10.6 Å². The molecule has 8 nitrogen and oxygen atoms in total. The Bertz CT molecular complexity index is 811. The van der Waals surface area contributed by atoms with Crippen LogP contribution in [0.2, 0.25) is 5.02 Å². The first-order valence-corrected chi connectivity index (χ1v) is 7.11. The van der Waals surface area contributed by atoms with Crippen molar-refractivity contribution in [2.45, 2.75) is 6.54 Å².